The van der Waals surface area contributed by atoms with E-state index in [1.165, 1.54) is 11.8 Å². The maximum absolute atomic E-state index is 12.3. The van der Waals surface area contributed by atoms with Crippen LogP contribution in [0, 0.1) is 5.92 Å². The van der Waals surface area contributed by atoms with Gasteiger partial charge in [0.25, 0.3) is 0 Å². The van der Waals surface area contributed by atoms with Crippen molar-refractivity contribution in [3.8, 4) is 0 Å². The molecule has 1 aliphatic carbocycles. The lowest BCUT2D eigenvalue weighted by atomic mass is 10.1. The summed E-state index contributed by atoms with van der Waals surface area (Å²) in [5.41, 5.74) is 1.73. The number of thioether (sulfide) groups is 1. The highest BCUT2D eigenvalue weighted by atomic mass is 32.2. The topological polar surface area (TPSA) is 58.6 Å². The number of ether oxygens (including phenoxy) is 1. The summed E-state index contributed by atoms with van der Waals surface area (Å²) in [6.45, 7) is 6.49. The molecule has 6 heteroatoms. The highest BCUT2D eigenvalue weighted by Gasteiger charge is 2.39. The average molecular weight is 322 g/mol. The van der Waals surface area contributed by atoms with E-state index in [4.69, 9.17) is 4.74 Å². The van der Waals surface area contributed by atoms with Crippen molar-refractivity contribution >= 4 is 23.6 Å². The summed E-state index contributed by atoms with van der Waals surface area (Å²) < 4.78 is 5.35. The van der Waals surface area contributed by atoms with Gasteiger partial charge in [0, 0.05) is 24.2 Å². The fourth-order valence-electron chi connectivity index (χ4n) is 2.74. The molecule has 1 fully saturated rings. The van der Waals surface area contributed by atoms with Gasteiger partial charge >= 0.3 is 5.97 Å². The second-order valence-electron chi connectivity index (χ2n) is 6.43. The van der Waals surface area contributed by atoms with Crippen LogP contribution in [0.3, 0.4) is 0 Å². The quantitative estimate of drug-likeness (QED) is 0.788. The van der Waals surface area contributed by atoms with Crippen molar-refractivity contribution in [1.82, 2.24) is 10.2 Å². The summed E-state index contributed by atoms with van der Waals surface area (Å²) in [5, 5.41) is 5.93. The van der Waals surface area contributed by atoms with Gasteiger partial charge in [0.2, 0.25) is 5.91 Å². The van der Waals surface area contributed by atoms with Crippen LogP contribution in [0.5, 0.6) is 0 Å². The average Bonchev–Trinajstić information content (AvgIpc) is 3.05. The van der Waals surface area contributed by atoms with E-state index in [1.807, 2.05) is 26.2 Å². The number of fused-ring (bicyclic) bond motifs is 1. The standard InChI is InChI=1S/C16H22N2O3S/c1-9(2)21-16(20)14-10(3)7-18-12(8-22-15(14)18)6-13(19)17-11-4-5-11/h8-11H,4-7H2,1-3H3,(H,17,19). The molecular formula is C16H22N2O3S. The summed E-state index contributed by atoms with van der Waals surface area (Å²) in [4.78, 5) is 26.3. The van der Waals surface area contributed by atoms with Crippen LogP contribution in [0.25, 0.3) is 0 Å². The van der Waals surface area contributed by atoms with Gasteiger partial charge in [-0.15, -0.1) is 0 Å². The Labute approximate surface area is 135 Å². The fraction of sp³-hybridized carbons (Fsp3) is 0.625. The minimum absolute atomic E-state index is 0.0708. The van der Waals surface area contributed by atoms with E-state index in [0.717, 1.165) is 35.7 Å². The Morgan fingerprint density at radius 2 is 2.18 bits per heavy atom. The number of hydrogen-bond donors (Lipinski definition) is 1. The van der Waals surface area contributed by atoms with Crippen LogP contribution in [-0.4, -0.2) is 35.5 Å². The maximum Gasteiger partial charge on any atom is 0.337 e. The lowest BCUT2D eigenvalue weighted by Crippen LogP contribution is -2.28. The van der Waals surface area contributed by atoms with Crippen molar-refractivity contribution in [3.05, 3.63) is 21.7 Å². The predicted molar refractivity (Wildman–Crippen MR) is 85.6 cm³/mol. The molecule has 1 unspecified atom stereocenters. The van der Waals surface area contributed by atoms with Crippen LogP contribution >= 0.6 is 11.8 Å². The van der Waals surface area contributed by atoms with Gasteiger partial charge in [-0.05, 0) is 32.1 Å². The van der Waals surface area contributed by atoms with Gasteiger partial charge in [-0.3, -0.25) is 4.79 Å². The number of carbonyl (C=O) groups is 2. The van der Waals surface area contributed by atoms with Gasteiger partial charge in [0.05, 0.1) is 23.1 Å². The Kier molecular flexibility index (Phi) is 4.21. The molecule has 0 saturated heterocycles. The third kappa shape index (κ3) is 3.16. The molecule has 1 atom stereocenters. The molecule has 2 heterocycles. The van der Waals surface area contributed by atoms with E-state index in [0.29, 0.717) is 12.5 Å². The number of esters is 1. The van der Waals surface area contributed by atoms with Gasteiger partial charge in [-0.2, -0.15) is 0 Å². The van der Waals surface area contributed by atoms with E-state index in [-0.39, 0.29) is 23.9 Å². The van der Waals surface area contributed by atoms with Crippen molar-refractivity contribution in [2.45, 2.75) is 52.2 Å². The Morgan fingerprint density at radius 1 is 1.45 bits per heavy atom. The summed E-state index contributed by atoms with van der Waals surface area (Å²) >= 11 is 1.53. The van der Waals surface area contributed by atoms with E-state index in [9.17, 15) is 9.59 Å². The maximum atomic E-state index is 12.3. The summed E-state index contributed by atoms with van der Waals surface area (Å²) in [6.07, 6.45) is 2.45. The molecule has 0 bridgehead atoms. The molecule has 2 aliphatic heterocycles. The number of rotatable bonds is 5. The van der Waals surface area contributed by atoms with Crippen LogP contribution < -0.4 is 5.32 Å². The van der Waals surface area contributed by atoms with Crippen molar-refractivity contribution < 1.29 is 14.3 Å². The van der Waals surface area contributed by atoms with E-state index in [1.54, 1.807) is 0 Å². The molecule has 1 amide bonds. The van der Waals surface area contributed by atoms with Crippen LogP contribution in [0.4, 0.5) is 0 Å². The molecule has 120 valence electrons. The van der Waals surface area contributed by atoms with Gasteiger partial charge in [-0.1, -0.05) is 18.7 Å². The summed E-state index contributed by atoms with van der Waals surface area (Å²) in [7, 11) is 0. The Morgan fingerprint density at radius 3 is 2.82 bits per heavy atom. The molecule has 1 saturated carbocycles. The van der Waals surface area contributed by atoms with Crippen molar-refractivity contribution in [2.24, 2.45) is 5.92 Å². The Balaban J connectivity index is 1.68. The number of amides is 1. The minimum Gasteiger partial charge on any atom is -0.460 e. The molecule has 1 N–H and O–H groups in total. The molecule has 5 nitrogen and oxygen atoms in total. The number of carbonyl (C=O) groups excluding carboxylic acids is 2. The molecule has 3 rings (SSSR count). The third-order valence-electron chi connectivity index (χ3n) is 3.92. The van der Waals surface area contributed by atoms with Gasteiger partial charge in [0.1, 0.15) is 0 Å². The molecule has 22 heavy (non-hydrogen) atoms. The summed E-state index contributed by atoms with van der Waals surface area (Å²) in [6, 6.07) is 0.381. The third-order valence-corrected chi connectivity index (χ3v) is 4.98. The van der Waals surface area contributed by atoms with Gasteiger partial charge < -0.3 is 15.0 Å². The van der Waals surface area contributed by atoms with Crippen molar-refractivity contribution in [2.75, 3.05) is 6.54 Å². The minimum atomic E-state index is -0.232. The highest BCUT2D eigenvalue weighted by molar-refractivity contribution is 8.06. The molecule has 0 spiro atoms. The highest BCUT2D eigenvalue weighted by Crippen LogP contribution is 2.45. The van der Waals surface area contributed by atoms with Gasteiger partial charge in [-0.25, -0.2) is 4.79 Å². The monoisotopic (exact) mass is 322 g/mol. The first-order chi connectivity index (χ1) is 10.5. The lowest BCUT2D eigenvalue weighted by molar-refractivity contribution is -0.143. The number of nitrogens with one attached hydrogen (secondary N) is 1. The lowest BCUT2D eigenvalue weighted by Gasteiger charge is -2.18. The number of hydrogen-bond acceptors (Lipinski definition) is 5. The normalized spacial score (nSPS) is 23.7. The van der Waals surface area contributed by atoms with Crippen LogP contribution in [0.15, 0.2) is 21.7 Å². The number of nitrogens with zero attached hydrogens (tertiary/aromatic N) is 1. The van der Waals surface area contributed by atoms with E-state index >= 15 is 0 Å². The largest absolute Gasteiger partial charge is 0.460 e. The zero-order valence-corrected chi connectivity index (χ0v) is 14.0. The summed E-state index contributed by atoms with van der Waals surface area (Å²) in [5.74, 6) is -0.0324. The Bertz CT molecular complexity index is 564. The molecule has 0 radical (unpaired) electrons. The first-order valence-corrected chi connectivity index (χ1v) is 8.71. The first kappa shape index (κ1) is 15.5. The fourth-order valence-corrected chi connectivity index (χ4v) is 3.93. The Hall–Kier alpha value is -1.43. The van der Waals surface area contributed by atoms with Crippen molar-refractivity contribution in [3.63, 3.8) is 0 Å². The molecule has 0 aromatic heterocycles. The SMILES string of the molecule is CC(C)OC(=O)C1=C2SC=C(CC(=O)NC3CC3)N2CC1C. The first-order valence-electron chi connectivity index (χ1n) is 7.83. The molecule has 0 aromatic carbocycles. The second-order valence-corrected chi connectivity index (χ2v) is 7.29. The van der Waals surface area contributed by atoms with Crippen molar-refractivity contribution in [1.29, 1.82) is 0 Å². The predicted octanol–water partition coefficient (Wildman–Crippen LogP) is 2.36. The van der Waals surface area contributed by atoms with Gasteiger partial charge in [0.15, 0.2) is 0 Å². The molecule has 3 aliphatic rings. The van der Waals surface area contributed by atoms with Crippen LogP contribution in [-0.2, 0) is 14.3 Å². The zero-order valence-electron chi connectivity index (χ0n) is 13.2. The van der Waals surface area contributed by atoms with E-state index < -0.39 is 0 Å². The van der Waals surface area contributed by atoms with Crippen LogP contribution in [0.1, 0.15) is 40.0 Å². The zero-order chi connectivity index (χ0) is 15.9. The van der Waals surface area contributed by atoms with Crippen LogP contribution in [0.2, 0.25) is 0 Å². The molecule has 0 aromatic rings. The smallest absolute Gasteiger partial charge is 0.337 e. The second kappa shape index (κ2) is 5.99. The molecular weight excluding hydrogens is 300 g/mol. The van der Waals surface area contributed by atoms with E-state index in [2.05, 4.69) is 10.2 Å².